The first kappa shape index (κ1) is 28.7. The van der Waals surface area contributed by atoms with Gasteiger partial charge in [0.05, 0.1) is 29.8 Å². The predicted molar refractivity (Wildman–Crippen MR) is 143 cm³/mol. The predicted octanol–water partition coefficient (Wildman–Crippen LogP) is 4.47. The number of aromatic amines is 1. The summed E-state index contributed by atoms with van der Waals surface area (Å²) >= 11 is 0. The van der Waals surface area contributed by atoms with Crippen LogP contribution in [0.25, 0.3) is 0 Å². The highest BCUT2D eigenvalue weighted by Gasteiger charge is 2.50. The monoisotopic (exact) mass is 551 g/mol. The van der Waals surface area contributed by atoms with Crippen molar-refractivity contribution in [2.75, 3.05) is 6.54 Å². The number of likely N-dealkylation sites (tertiary alicyclic amines) is 1. The Morgan fingerprint density at radius 3 is 2.70 bits per heavy atom. The highest BCUT2D eigenvalue weighted by atomic mass is 19.1. The third kappa shape index (κ3) is 5.81. The van der Waals surface area contributed by atoms with Crippen LogP contribution >= 0.6 is 0 Å². The maximum atomic E-state index is 14.7. The van der Waals surface area contributed by atoms with Gasteiger partial charge in [0.25, 0.3) is 5.91 Å². The molecule has 210 valence electrons. The maximum Gasteiger partial charge on any atom is 0.307 e. The molecule has 9 nitrogen and oxygen atoms in total. The Kier molecular flexibility index (Phi) is 7.91. The van der Waals surface area contributed by atoms with Crippen molar-refractivity contribution < 1.29 is 23.1 Å². The summed E-state index contributed by atoms with van der Waals surface area (Å²) in [4.78, 5) is 39.9. The summed E-state index contributed by atoms with van der Waals surface area (Å²) in [6, 6.07) is 6.29. The van der Waals surface area contributed by atoms with E-state index in [0.29, 0.717) is 25.0 Å². The first-order chi connectivity index (χ1) is 18.8. The molecule has 0 saturated carbocycles. The maximum absolute atomic E-state index is 14.7. The van der Waals surface area contributed by atoms with Gasteiger partial charge in [0.15, 0.2) is 17.3 Å². The zero-order valence-electron chi connectivity index (χ0n) is 22.8. The van der Waals surface area contributed by atoms with E-state index < -0.39 is 46.6 Å². The van der Waals surface area contributed by atoms with Gasteiger partial charge in [-0.1, -0.05) is 13.0 Å². The van der Waals surface area contributed by atoms with E-state index >= 15 is 0 Å². The number of amides is 2. The molecule has 40 heavy (non-hydrogen) atoms. The average molecular weight is 552 g/mol. The van der Waals surface area contributed by atoms with E-state index in [4.69, 9.17) is 4.74 Å². The van der Waals surface area contributed by atoms with Crippen molar-refractivity contribution in [3.8, 4) is 17.6 Å². The molecule has 1 aliphatic carbocycles. The van der Waals surface area contributed by atoms with E-state index in [2.05, 4.69) is 21.6 Å². The molecule has 11 heteroatoms. The topological polar surface area (TPSA) is 128 Å². The van der Waals surface area contributed by atoms with Gasteiger partial charge in [0, 0.05) is 23.1 Å². The van der Waals surface area contributed by atoms with Gasteiger partial charge in [0.1, 0.15) is 5.83 Å². The molecule has 1 aliphatic heterocycles. The Morgan fingerprint density at radius 1 is 1.27 bits per heavy atom. The fourth-order valence-electron chi connectivity index (χ4n) is 5.42. The normalized spacial score (nSPS) is 22.4. The number of benzene rings is 1. The van der Waals surface area contributed by atoms with Crippen molar-refractivity contribution in [3.05, 3.63) is 75.7 Å². The first-order valence-corrected chi connectivity index (χ1v) is 12.9. The molecular formula is C29H31F2N5O4. The van der Waals surface area contributed by atoms with Crippen LogP contribution in [-0.2, 0) is 4.79 Å². The number of nitrogens with one attached hydrogen (secondary N) is 2. The lowest BCUT2D eigenvalue weighted by Gasteiger charge is -2.43. The zero-order valence-corrected chi connectivity index (χ0v) is 22.8. The van der Waals surface area contributed by atoms with Crippen LogP contribution in [0.1, 0.15) is 56.1 Å². The van der Waals surface area contributed by atoms with E-state index in [9.17, 15) is 28.4 Å². The second-order valence-corrected chi connectivity index (χ2v) is 11.0. The minimum absolute atomic E-state index is 0.0567. The van der Waals surface area contributed by atoms with Gasteiger partial charge in [-0.3, -0.25) is 14.4 Å². The lowest BCUT2D eigenvalue weighted by molar-refractivity contribution is -0.136. The number of halogens is 2. The summed E-state index contributed by atoms with van der Waals surface area (Å²) in [6.07, 6.45) is 6.31. The molecule has 2 aliphatic rings. The van der Waals surface area contributed by atoms with Gasteiger partial charge >= 0.3 is 5.56 Å². The van der Waals surface area contributed by atoms with Crippen LogP contribution in [0.5, 0.6) is 11.5 Å². The highest BCUT2D eigenvalue weighted by molar-refractivity contribution is 5.96. The fourth-order valence-corrected chi connectivity index (χ4v) is 5.42. The smallest absolute Gasteiger partial charge is 0.307 e. The molecule has 1 aromatic heterocycles. The molecule has 1 unspecified atom stereocenters. The second kappa shape index (κ2) is 11.0. The molecule has 2 N–H and O–H groups in total. The van der Waals surface area contributed by atoms with Crippen LogP contribution in [-0.4, -0.2) is 45.5 Å². The molecule has 3 atom stereocenters. The number of ether oxygens (including phenoxy) is 1. The number of carbonyl (C=O) groups excluding carboxylic acids is 2. The van der Waals surface area contributed by atoms with Gasteiger partial charge in [-0.05, 0) is 70.4 Å². The van der Waals surface area contributed by atoms with Gasteiger partial charge in [0.2, 0.25) is 5.91 Å². The molecule has 2 heterocycles. The number of nitrogens with zero attached hydrogens (tertiary/aromatic N) is 3. The number of aryl methyl sites for hydroxylation is 1. The number of hydrogen-bond acceptors (Lipinski definition) is 6. The first-order valence-electron chi connectivity index (χ1n) is 12.9. The standard InChI is InChI=1S/C29H31F2N5O4/c1-17-12-22(27(39)35-34-17)40-21-8-7-18(13-20(21)31)26(38)33-15-25(37)36-23(28(2,3)16-32)9-10-24(36)29(4)11-5-6-19(30)14-29/h5-8,12-14,23-24H,9-11,15H2,1-4H3,(H,33,38)(H,35,39)/t23-,24+,29?/m1/s1. The molecule has 1 aromatic carbocycles. The van der Waals surface area contributed by atoms with E-state index in [1.54, 1.807) is 31.7 Å². The van der Waals surface area contributed by atoms with Crippen molar-refractivity contribution in [1.29, 1.82) is 5.26 Å². The van der Waals surface area contributed by atoms with Crippen molar-refractivity contribution in [1.82, 2.24) is 20.4 Å². The van der Waals surface area contributed by atoms with Crippen LogP contribution in [0, 0.1) is 34.9 Å². The highest BCUT2D eigenvalue weighted by Crippen LogP contribution is 2.46. The zero-order chi connectivity index (χ0) is 29.2. The largest absolute Gasteiger partial charge is 0.448 e. The Balaban J connectivity index is 1.49. The van der Waals surface area contributed by atoms with Crippen molar-refractivity contribution in [2.24, 2.45) is 10.8 Å². The third-order valence-electron chi connectivity index (χ3n) is 7.57. The van der Waals surface area contributed by atoms with Crippen LogP contribution in [0.15, 0.2) is 53.1 Å². The van der Waals surface area contributed by atoms with Crippen molar-refractivity contribution in [3.63, 3.8) is 0 Å². The lowest BCUT2D eigenvalue weighted by atomic mass is 9.75. The number of rotatable bonds is 7. The average Bonchev–Trinajstić information content (AvgIpc) is 3.38. The minimum Gasteiger partial charge on any atom is -0.448 e. The van der Waals surface area contributed by atoms with E-state index in [1.165, 1.54) is 30.4 Å². The number of hydrogen-bond donors (Lipinski definition) is 2. The second-order valence-electron chi connectivity index (χ2n) is 11.0. The van der Waals surface area contributed by atoms with E-state index in [0.717, 1.165) is 6.07 Å². The minimum atomic E-state index is -0.879. The van der Waals surface area contributed by atoms with Gasteiger partial charge in [-0.2, -0.15) is 10.4 Å². The summed E-state index contributed by atoms with van der Waals surface area (Å²) < 4.78 is 34.3. The van der Waals surface area contributed by atoms with Gasteiger partial charge in [-0.25, -0.2) is 13.9 Å². The molecule has 4 rings (SSSR count). The van der Waals surface area contributed by atoms with Crippen LogP contribution in [0.2, 0.25) is 0 Å². The van der Waals surface area contributed by atoms with E-state index in [-0.39, 0.29) is 28.9 Å². The number of aromatic nitrogens is 2. The molecule has 2 aromatic rings. The number of nitriles is 1. The summed E-state index contributed by atoms with van der Waals surface area (Å²) in [7, 11) is 0. The van der Waals surface area contributed by atoms with Crippen molar-refractivity contribution >= 4 is 11.8 Å². The molecule has 1 saturated heterocycles. The van der Waals surface area contributed by atoms with Gasteiger partial charge in [-0.15, -0.1) is 0 Å². The molecular weight excluding hydrogens is 520 g/mol. The quantitative estimate of drug-likeness (QED) is 0.523. The summed E-state index contributed by atoms with van der Waals surface area (Å²) in [5.41, 5.74) is -1.77. The SMILES string of the molecule is Cc1cc(Oc2ccc(C(=O)NCC(=O)N3[C@H](C4(C)C=C(F)C=CC4)CC[C@@H]3C(C)(C)C#N)cc2F)c(=O)[nH]n1. The van der Waals surface area contributed by atoms with Crippen LogP contribution < -0.4 is 15.6 Å². The number of allylic oxidation sites excluding steroid dienone is 3. The summed E-state index contributed by atoms with van der Waals surface area (Å²) in [6.45, 7) is 6.63. The van der Waals surface area contributed by atoms with Crippen molar-refractivity contribution in [2.45, 2.75) is 59.0 Å². The Hall–Kier alpha value is -4.33. The third-order valence-corrected chi connectivity index (χ3v) is 7.57. The Bertz CT molecular complexity index is 1490. The van der Waals surface area contributed by atoms with Gasteiger partial charge < -0.3 is 15.0 Å². The molecule has 0 spiro atoms. The summed E-state index contributed by atoms with van der Waals surface area (Å²) in [5.74, 6) is -2.78. The summed E-state index contributed by atoms with van der Waals surface area (Å²) in [5, 5.41) is 18.3. The Morgan fingerprint density at radius 2 is 2.02 bits per heavy atom. The molecule has 0 radical (unpaired) electrons. The fraction of sp³-hybridized carbons (Fsp3) is 0.414. The number of carbonyl (C=O) groups is 2. The molecule has 0 bridgehead atoms. The van der Waals surface area contributed by atoms with Crippen LogP contribution in [0.4, 0.5) is 8.78 Å². The Labute approximate surface area is 230 Å². The number of H-pyrrole nitrogens is 1. The lowest BCUT2D eigenvalue weighted by Crippen LogP contribution is -2.54. The van der Waals surface area contributed by atoms with Crippen LogP contribution in [0.3, 0.4) is 0 Å². The molecule has 1 fully saturated rings. The molecule has 2 amide bonds. The van der Waals surface area contributed by atoms with E-state index in [1.807, 2.05) is 6.92 Å².